The number of aromatic nitrogens is 6. The Balaban J connectivity index is 0.000000223. The zero-order valence-corrected chi connectivity index (χ0v) is 67.1. The number of ether oxygens (including phenoxy) is 2. The first-order chi connectivity index (χ1) is 48.9. The predicted octanol–water partition coefficient (Wildman–Crippen LogP) is 24.6. The summed E-state index contributed by atoms with van der Waals surface area (Å²) in [5, 5.41) is 14.2. The summed E-state index contributed by atoms with van der Waals surface area (Å²) in [6, 6.07) is 42.0. The summed E-state index contributed by atoms with van der Waals surface area (Å²) < 4.78 is 77.9. The average Bonchev–Trinajstić information content (AvgIpc) is 1.36. The van der Waals surface area contributed by atoms with Crippen LogP contribution in [0.2, 0.25) is 0 Å². The van der Waals surface area contributed by atoms with Crippen molar-refractivity contribution in [1.82, 2.24) is 29.3 Å². The number of hydrogen-bond acceptors (Lipinski definition) is 7. The molecule has 4 heterocycles. The molecule has 0 saturated carbocycles. The highest BCUT2D eigenvalue weighted by molar-refractivity contribution is 9.13. The van der Waals surface area contributed by atoms with Gasteiger partial charge in [0.1, 0.15) is 29.0 Å². The molecule has 1 aliphatic heterocycles. The maximum atomic E-state index is 16.3. The Kier molecular flexibility index (Phi) is 25.4. The van der Waals surface area contributed by atoms with Crippen molar-refractivity contribution < 1.29 is 32.0 Å². The summed E-state index contributed by atoms with van der Waals surface area (Å²) in [7, 11) is 2.44. The van der Waals surface area contributed by atoms with Crippen LogP contribution in [0.15, 0.2) is 180 Å². The molecule has 0 N–H and O–H groups in total. The van der Waals surface area contributed by atoms with Crippen LogP contribution >= 0.6 is 31.9 Å². The lowest BCUT2D eigenvalue weighted by atomic mass is 9.78. The van der Waals surface area contributed by atoms with Gasteiger partial charge in [-0.3, -0.25) is 0 Å². The molecule has 1 fully saturated rings. The number of rotatable bonds is 17. The van der Waals surface area contributed by atoms with Gasteiger partial charge in [0.15, 0.2) is 0 Å². The summed E-state index contributed by atoms with van der Waals surface area (Å²) in [4.78, 5) is 0. The van der Waals surface area contributed by atoms with Crippen molar-refractivity contribution >= 4 is 44.4 Å². The molecule has 1 aliphatic rings. The fourth-order valence-corrected chi connectivity index (χ4v) is 14.1. The van der Waals surface area contributed by atoms with Gasteiger partial charge in [0.05, 0.1) is 65.5 Å². The Bertz CT molecular complexity index is 4700. The van der Waals surface area contributed by atoms with E-state index in [1.54, 1.807) is 64.7 Å². The molecule has 0 spiro atoms. The third-order valence-electron chi connectivity index (χ3n) is 19.5. The van der Waals surface area contributed by atoms with E-state index in [9.17, 15) is 4.39 Å². The molecular formula is C87H100BBr2F3N6O4. The van der Waals surface area contributed by atoms with E-state index in [0.29, 0.717) is 74.8 Å². The molecule has 0 bridgehead atoms. The molecule has 540 valence electrons. The third-order valence-corrected chi connectivity index (χ3v) is 21.8. The third kappa shape index (κ3) is 16.8. The summed E-state index contributed by atoms with van der Waals surface area (Å²) in [6.45, 7) is 42.3. The first kappa shape index (κ1) is 78.9. The molecule has 0 aliphatic carbocycles. The van der Waals surface area contributed by atoms with Gasteiger partial charge in [0.25, 0.3) is 0 Å². The fourth-order valence-electron chi connectivity index (χ4n) is 13.2. The van der Waals surface area contributed by atoms with E-state index in [1.165, 1.54) is 73.8 Å². The van der Waals surface area contributed by atoms with Crippen molar-refractivity contribution in [2.24, 2.45) is 0 Å². The maximum absolute atomic E-state index is 16.3. The highest BCUT2D eigenvalue weighted by Gasteiger charge is 2.52. The fraction of sp³-hybridized carbons (Fsp3) is 0.345. The van der Waals surface area contributed by atoms with Gasteiger partial charge >= 0.3 is 7.12 Å². The zero-order chi connectivity index (χ0) is 75.3. The molecule has 0 radical (unpaired) electrons. The second-order valence-electron chi connectivity index (χ2n) is 29.1. The van der Waals surface area contributed by atoms with Gasteiger partial charge < -0.3 is 18.8 Å². The minimum absolute atomic E-state index is 0.281. The van der Waals surface area contributed by atoms with E-state index in [0.717, 1.165) is 42.6 Å². The number of methoxy groups -OCH3 is 2. The smallest absolute Gasteiger partial charge is 0.496 e. The van der Waals surface area contributed by atoms with Crippen molar-refractivity contribution in [2.45, 2.75) is 185 Å². The number of nitrogens with zero attached hydrogens (tertiary/aromatic N) is 6. The van der Waals surface area contributed by atoms with Gasteiger partial charge in [-0.25, -0.2) is 27.2 Å². The average molecular weight is 1520 g/mol. The van der Waals surface area contributed by atoms with E-state index in [-0.39, 0.29) is 11.4 Å². The van der Waals surface area contributed by atoms with Crippen LogP contribution in [0.25, 0.3) is 72.7 Å². The second kappa shape index (κ2) is 33.2. The van der Waals surface area contributed by atoms with Crippen LogP contribution in [0.4, 0.5) is 13.2 Å². The SMILES string of the molecule is CC.CC(C)c1cccc(C(C)C)c1-c1cnn(-c2ccc(F)c(B3OC(C)(C)C(C)(C)O3)c2)c1.COc1ccc(C)c(-c2cc(-n3cc(-c4c(C(C)C)cccc4C(C)C)cn3)ccc2F)c1-c1cc(-n2cc(-c3c(C(C)C)cccc3C(C)C)cn2)ccc1F.COc1ccc(C)c(Br)c1Br. The van der Waals surface area contributed by atoms with Crippen molar-refractivity contribution in [3.05, 3.63) is 242 Å². The first-order valence-electron chi connectivity index (χ1n) is 35.8. The minimum atomic E-state index is -0.765. The molecule has 0 unspecified atom stereocenters. The lowest BCUT2D eigenvalue weighted by molar-refractivity contribution is 0.00578. The number of aryl methyl sites for hydroxylation is 2. The van der Waals surface area contributed by atoms with Crippen molar-refractivity contribution in [3.63, 3.8) is 0 Å². The highest BCUT2D eigenvalue weighted by Crippen LogP contribution is 2.46. The largest absolute Gasteiger partial charge is 0.497 e. The zero-order valence-electron chi connectivity index (χ0n) is 63.9. The van der Waals surface area contributed by atoms with Crippen LogP contribution < -0.4 is 14.9 Å². The Labute approximate surface area is 626 Å². The van der Waals surface area contributed by atoms with Gasteiger partial charge in [-0.1, -0.05) is 164 Å². The van der Waals surface area contributed by atoms with E-state index < -0.39 is 30.0 Å². The molecule has 1 saturated heterocycles. The Hall–Kier alpha value is -8.28. The van der Waals surface area contributed by atoms with Gasteiger partial charge in [0, 0.05) is 61.9 Å². The lowest BCUT2D eigenvalue weighted by Crippen LogP contribution is -2.41. The van der Waals surface area contributed by atoms with Crippen molar-refractivity contribution in [3.8, 4) is 84.2 Å². The van der Waals surface area contributed by atoms with Gasteiger partial charge in [-0.15, -0.1) is 0 Å². The monoisotopic (exact) mass is 1520 g/mol. The van der Waals surface area contributed by atoms with E-state index in [1.807, 2.05) is 117 Å². The van der Waals surface area contributed by atoms with Crippen LogP contribution in [0.3, 0.4) is 0 Å². The van der Waals surface area contributed by atoms with Gasteiger partial charge in [-0.05, 0) is 242 Å². The van der Waals surface area contributed by atoms with Crippen molar-refractivity contribution in [2.75, 3.05) is 14.2 Å². The summed E-state index contributed by atoms with van der Waals surface area (Å²) in [6.07, 6.45) is 11.7. The molecule has 16 heteroatoms. The molecule has 10 nitrogen and oxygen atoms in total. The van der Waals surface area contributed by atoms with Gasteiger partial charge in [-0.2, -0.15) is 15.3 Å². The van der Waals surface area contributed by atoms with Crippen LogP contribution in [0.1, 0.15) is 205 Å². The Morgan fingerprint density at radius 3 is 1.07 bits per heavy atom. The number of benzene rings is 8. The van der Waals surface area contributed by atoms with Gasteiger partial charge in [0.2, 0.25) is 0 Å². The van der Waals surface area contributed by atoms with E-state index in [4.69, 9.17) is 29.0 Å². The van der Waals surface area contributed by atoms with E-state index in [2.05, 4.69) is 175 Å². The second-order valence-corrected chi connectivity index (χ2v) is 30.6. The minimum Gasteiger partial charge on any atom is -0.496 e. The topological polar surface area (TPSA) is 90.4 Å². The van der Waals surface area contributed by atoms with Crippen LogP contribution in [0, 0.1) is 31.3 Å². The molecule has 0 atom stereocenters. The molecular weight excluding hydrogens is 1420 g/mol. The van der Waals surface area contributed by atoms with Crippen LogP contribution in [-0.4, -0.2) is 61.9 Å². The standard InChI is InChI=1S/C50H52F2N4O.C27H34BFN2O2.C8H8Br2O.C2H6/c1-29(2)38-13-11-14-39(30(3)4)48(38)34-25-53-55(27-34)36-18-20-44(51)42(23-36)47-33(9)17-22-46(57-10)50(47)43-24-37(19-21-45(43)52)56-28-35(26-54-56)49-40(31(5)6)15-12-16-41(49)32(7)8;1-17(2)21-10-9-11-22(18(3)4)25(21)19-15-30-31(16-19)20-12-13-24(29)23(14-20)28-32-26(5,6)27(7,8)33-28;1-5-3-4-6(11-2)8(10)7(5)9;1-2/h11-32H,1-10H3;9-18H,1-8H3;3-4H,1-2H3;1-2H3. The summed E-state index contributed by atoms with van der Waals surface area (Å²) in [5.74, 6) is 2.10. The summed E-state index contributed by atoms with van der Waals surface area (Å²) in [5.41, 5.74) is 19.3. The predicted molar refractivity (Wildman–Crippen MR) is 427 cm³/mol. The quantitative estimate of drug-likeness (QED) is 0.0839. The molecule has 11 aromatic rings. The van der Waals surface area contributed by atoms with Crippen molar-refractivity contribution in [1.29, 1.82) is 0 Å². The maximum Gasteiger partial charge on any atom is 0.497 e. The molecule has 3 aromatic heterocycles. The molecule has 12 rings (SSSR count). The van der Waals surface area contributed by atoms with Crippen LogP contribution in [0.5, 0.6) is 11.5 Å². The normalized spacial score (nSPS) is 13.2. The highest BCUT2D eigenvalue weighted by atomic mass is 79.9. The molecule has 8 aromatic carbocycles. The number of halogens is 5. The van der Waals surface area contributed by atoms with Crippen LogP contribution in [-0.2, 0) is 9.31 Å². The molecule has 0 amide bonds. The Morgan fingerprint density at radius 2 is 0.718 bits per heavy atom. The molecule has 103 heavy (non-hydrogen) atoms. The van der Waals surface area contributed by atoms with E-state index >= 15 is 8.78 Å². The number of hydrogen-bond donors (Lipinski definition) is 0. The lowest BCUT2D eigenvalue weighted by Gasteiger charge is -2.32. The first-order valence-corrected chi connectivity index (χ1v) is 37.4. The summed E-state index contributed by atoms with van der Waals surface area (Å²) >= 11 is 6.86. The Morgan fingerprint density at radius 1 is 0.398 bits per heavy atom.